The number of nitrogens with zero attached hydrogens (tertiary/aromatic N) is 2. The molecule has 1 N–H and O–H groups in total. The fraction of sp³-hybridized carbons (Fsp3) is 0.111. The molecule has 0 unspecified atom stereocenters. The van der Waals surface area contributed by atoms with Crippen LogP contribution < -0.4 is 10.2 Å². The van der Waals surface area contributed by atoms with Crippen molar-refractivity contribution in [1.29, 1.82) is 0 Å². The molecule has 3 aromatic rings. The maximum absolute atomic E-state index is 5.17. The van der Waals surface area contributed by atoms with Gasteiger partial charge in [0.2, 0.25) is 5.13 Å². The van der Waals surface area contributed by atoms with Gasteiger partial charge in [0.05, 0.1) is 18.5 Å². The van der Waals surface area contributed by atoms with Crippen LogP contribution in [-0.2, 0) is 0 Å². The molecular weight excluding hydrogens is 306 g/mol. The molecular formula is C18H17N3OS. The zero-order chi connectivity index (χ0) is 16.1. The van der Waals surface area contributed by atoms with E-state index < -0.39 is 0 Å². The first-order chi connectivity index (χ1) is 11.3. The lowest BCUT2D eigenvalue weighted by atomic mass is 10.1. The van der Waals surface area contributed by atoms with Crippen LogP contribution in [-0.4, -0.2) is 17.8 Å². The van der Waals surface area contributed by atoms with Crippen molar-refractivity contribution in [3.8, 4) is 17.0 Å². The summed E-state index contributed by atoms with van der Waals surface area (Å²) in [6.45, 7) is 1.97. The van der Waals surface area contributed by atoms with E-state index in [0.29, 0.717) is 0 Å². The first-order valence-electron chi connectivity index (χ1n) is 7.22. The highest BCUT2D eigenvalue weighted by atomic mass is 32.1. The lowest BCUT2D eigenvalue weighted by Gasteiger charge is -2.01. The predicted molar refractivity (Wildman–Crippen MR) is 96.4 cm³/mol. The second-order valence-corrected chi connectivity index (χ2v) is 5.80. The average molecular weight is 323 g/mol. The summed E-state index contributed by atoms with van der Waals surface area (Å²) < 4.78 is 5.17. The third kappa shape index (κ3) is 3.76. The Balaban J connectivity index is 1.72. The van der Waals surface area contributed by atoms with Gasteiger partial charge in [0.15, 0.2) is 0 Å². The summed E-state index contributed by atoms with van der Waals surface area (Å²) in [5.74, 6) is 0.838. The van der Waals surface area contributed by atoms with Gasteiger partial charge in [-0.1, -0.05) is 30.3 Å². The fourth-order valence-corrected chi connectivity index (χ4v) is 2.76. The van der Waals surface area contributed by atoms with Gasteiger partial charge in [0, 0.05) is 10.9 Å². The third-order valence-corrected chi connectivity index (χ3v) is 4.15. The molecule has 1 heterocycles. The van der Waals surface area contributed by atoms with Crippen molar-refractivity contribution >= 4 is 22.2 Å². The van der Waals surface area contributed by atoms with Gasteiger partial charge in [0.1, 0.15) is 5.75 Å². The number of methoxy groups -OCH3 is 1. The van der Waals surface area contributed by atoms with Crippen LogP contribution in [0.1, 0.15) is 12.5 Å². The Morgan fingerprint density at radius 2 is 1.83 bits per heavy atom. The average Bonchev–Trinajstić information content (AvgIpc) is 3.09. The van der Waals surface area contributed by atoms with E-state index in [1.165, 1.54) is 11.3 Å². The molecule has 0 aliphatic heterocycles. The Bertz CT molecular complexity index is 795. The molecule has 2 aromatic carbocycles. The van der Waals surface area contributed by atoms with E-state index in [2.05, 4.69) is 15.5 Å². The summed E-state index contributed by atoms with van der Waals surface area (Å²) in [5.41, 5.74) is 7.02. The number of thiazole rings is 1. The molecule has 1 aromatic heterocycles. The van der Waals surface area contributed by atoms with Crippen molar-refractivity contribution in [2.45, 2.75) is 6.92 Å². The van der Waals surface area contributed by atoms with Gasteiger partial charge in [-0.15, -0.1) is 11.3 Å². The lowest BCUT2D eigenvalue weighted by molar-refractivity contribution is 0.415. The van der Waals surface area contributed by atoms with Crippen LogP contribution in [0.2, 0.25) is 0 Å². The van der Waals surface area contributed by atoms with E-state index in [-0.39, 0.29) is 0 Å². The monoisotopic (exact) mass is 323 g/mol. The first kappa shape index (κ1) is 15.2. The van der Waals surface area contributed by atoms with Crippen LogP contribution in [0.5, 0.6) is 5.75 Å². The SMILES string of the molecule is COc1ccc(-c2csc(N/N=C(\C)c3ccccc3)n2)cc1. The molecule has 0 saturated carbocycles. The maximum Gasteiger partial charge on any atom is 0.203 e. The van der Waals surface area contributed by atoms with Crippen molar-refractivity contribution in [2.24, 2.45) is 5.10 Å². The van der Waals surface area contributed by atoms with Gasteiger partial charge in [-0.25, -0.2) is 4.98 Å². The molecule has 0 fully saturated rings. The molecule has 0 atom stereocenters. The van der Waals surface area contributed by atoms with Crippen molar-refractivity contribution in [3.05, 3.63) is 65.5 Å². The molecule has 0 saturated heterocycles. The highest BCUT2D eigenvalue weighted by molar-refractivity contribution is 7.14. The van der Waals surface area contributed by atoms with Gasteiger partial charge in [-0.3, -0.25) is 5.43 Å². The van der Waals surface area contributed by atoms with Crippen LogP contribution in [0.4, 0.5) is 5.13 Å². The van der Waals surface area contributed by atoms with Crippen LogP contribution in [0.15, 0.2) is 65.1 Å². The highest BCUT2D eigenvalue weighted by Gasteiger charge is 2.04. The summed E-state index contributed by atoms with van der Waals surface area (Å²) in [6, 6.07) is 17.9. The molecule has 0 aliphatic rings. The fourth-order valence-electron chi connectivity index (χ4n) is 2.10. The van der Waals surface area contributed by atoms with Gasteiger partial charge in [0.25, 0.3) is 0 Å². The second-order valence-electron chi connectivity index (χ2n) is 4.94. The van der Waals surface area contributed by atoms with E-state index in [9.17, 15) is 0 Å². The summed E-state index contributed by atoms with van der Waals surface area (Å²) in [4.78, 5) is 4.56. The molecule has 3 rings (SSSR count). The van der Waals surface area contributed by atoms with Crippen molar-refractivity contribution < 1.29 is 4.74 Å². The number of hydrogen-bond donors (Lipinski definition) is 1. The quantitative estimate of drug-likeness (QED) is 0.549. The lowest BCUT2D eigenvalue weighted by Crippen LogP contribution is -1.99. The number of hydrazone groups is 1. The molecule has 4 nitrogen and oxygen atoms in total. The summed E-state index contributed by atoms with van der Waals surface area (Å²) in [5, 5.41) is 7.17. The van der Waals surface area contributed by atoms with Gasteiger partial charge < -0.3 is 4.74 Å². The van der Waals surface area contributed by atoms with E-state index in [0.717, 1.165) is 33.4 Å². The zero-order valence-corrected chi connectivity index (χ0v) is 13.8. The molecule has 5 heteroatoms. The van der Waals surface area contributed by atoms with Crippen LogP contribution in [0, 0.1) is 0 Å². The number of rotatable bonds is 5. The van der Waals surface area contributed by atoms with Crippen LogP contribution in [0.25, 0.3) is 11.3 Å². The van der Waals surface area contributed by atoms with Gasteiger partial charge in [-0.05, 0) is 36.8 Å². The molecule has 0 spiro atoms. The minimum Gasteiger partial charge on any atom is -0.497 e. The molecule has 0 radical (unpaired) electrons. The Kier molecular flexibility index (Phi) is 4.68. The van der Waals surface area contributed by atoms with E-state index in [1.54, 1.807) is 7.11 Å². The highest BCUT2D eigenvalue weighted by Crippen LogP contribution is 2.26. The Labute approximate surface area is 139 Å². The second kappa shape index (κ2) is 7.07. The Hall–Kier alpha value is -2.66. The molecule has 116 valence electrons. The minimum absolute atomic E-state index is 0.770. The van der Waals surface area contributed by atoms with Crippen LogP contribution >= 0.6 is 11.3 Å². The molecule has 0 amide bonds. The number of ether oxygens (including phenoxy) is 1. The number of nitrogens with one attached hydrogen (secondary N) is 1. The molecule has 0 bridgehead atoms. The smallest absolute Gasteiger partial charge is 0.203 e. The maximum atomic E-state index is 5.17. The van der Waals surface area contributed by atoms with Crippen LogP contribution in [0.3, 0.4) is 0 Å². The third-order valence-electron chi connectivity index (χ3n) is 3.40. The standard InChI is InChI=1S/C18H17N3OS/c1-13(14-6-4-3-5-7-14)20-21-18-19-17(12-23-18)15-8-10-16(22-2)11-9-15/h3-12H,1-2H3,(H,19,21)/b20-13+. The van der Waals surface area contributed by atoms with Crippen molar-refractivity contribution in [3.63, 3.8) is 0 Å². The topological polar surface area (TPSA) is 46.5 Å². The van der Waals surface area contributed by atoms with Crippen molar-refractivity contribution in [1.82, 2.24) is 4.98 Å². The molecule has 23 heavy (non-hydrogen) atoms. The summed E-state index contributed by atoms with van der Waals surface area (Å²) in [7, 11) is 1.66. The van der Waals surface area contributed by atoms with Gasteiger partial charge >= 0.3 is 0 Å². The number of benzene rings is 2. The van der Waals surface area contributed by atoms with Gasteiger partial charge in [-0.2, -0.15) is 5.10 Å². The summed E-state index contributed by atoms with van der Waals surface area (Å²) in [6.07, 6.45) is 0. The Morgan fingerprint density at radius 3 is 2.52 bits per heavy atom. The normalized spacial score (nSPS) is 11.3. The van der Waals surface area contributed by atoms with Crippen molar-refractivity contribution in [2.75, 3.05) is 12.5 Å². The summed E-state index contributed by atoms with van der Waals surface area (Å²) >= 11 is 1.53. The largest absolute Gasteiger partial charge is 0.497 e. The predicted octanol–water partition coefficient (Wildman–Crippen LogP) is 4.65. The zero-order valence-electron chi connectivity index (χ0n) is 13.0. The van der Waals surface area contributed by atoms with E-state index in [4.69, 9.17) is 4.74 Å². The van der Waals surface area contributed by atoms with E-state index in [1.807, 2.05) is 66.9 Å². The molecule has 0 aliphatic carbocycles. The number of aromatic nitrogens is 1. The number of anilines is 1. The first-order valence-corrected chi connectivity index (χ1v) is 8.10. The Morgan fingerprint density at radius 1 is 1.09 bits per heavy atom. The minimum atomic E-state index is 0.770. The van der Waals surface area contributed by atoms with E-state index >= 15 is 0 Å². The number of hydrogen-bond acceptors (Lipinski definition) is 5.